The van der Waals surface area contributed by atoms with Crippen molar-refractivity contribution in [2.75, 3.05) is 5.32 Å². The molecule has 1 atom stereocenters. The van der Waals surface area contributed by atoms with Crippen LogP contribution in [0.25, 0.3) is 0 Å². The minimum atomic E-state index is -1.70. The van der Waals surface area contributed by atoms with Crippen LogP contribution in [0.1, 0.15) is 20.3 Å². The van der Waals surface area contributed by atoms with E-state index in [2.05, 4.69) is 0 Å². The van der Waals surface area contributed by atoms with Crippen LogP contribution in [0, 0.1) is 28.7 Å². The minimum absolute atomic E-state index is 0.0485. The van der Waals surface area contributed by atoms with Gasteiger partial charge >= 0.3 is 0 Å². The lowest BCUT2D eigenvalue weighted by Gasteiger charge is -2.25. The third-order valence-electron chi connectivity index (χ3n) is 3.10. The monoisotopic (exact) mass is 308 g/mol. The second-order valence-electron chi connectivity index (χ2n) is 4.35. The Hall–Kier alpha value is -1.70. The third-order valence-corrected chi connectivity index (χ3v) is 3.55. The molecule has 0 saturated carbocycles. The predicted molar refractivity (Wildman–Crippen MR) is 70.1 cm³/mol. The van der Waals surface area contributed by atoms with Crippen molar-refractivity contribution in [3.63, 3.8) is 0 Å². The van der Waals surface area contributed by atoms with E-state index in [-0.39, 0.29) is 17.5 Å². The molecule has 20 heavy (non-hydrogen) atoms. The Kier molecular flexibility index (Phi) is 4.69. The Bertz CT molecular complexity index is 553. The standard InChI is InChI=1S/C12H12F4N2OS/c1-3-12(2,10(17)20)11(19)18-9-7(15)5(13)4-6(14)8(9)16/h4H,3H2,1-2H3,(H2,17,20)(H,18,19). The van der Waals surface area contributed by atoms with Crippen molar-refractivity contribution in [2.24, 2.45) is 11.1 Å². The fourth-order valence-electron chi connectivity index (χ4n) is 1.38. The van der Waals surface area contributed by atoms with Crippen LogP contribution in [0.15, 0.2) is 6.07 Å². The average molecular weight is 308 g/mol. The summed E-state index contributed by atoms with van der Waals surface area (Å²) >= 11 is 4.72. The number of carbonyl (C=O) groups excluding carboxylic acids is 1. The SMILES string of the molecule is CCC(C)(C(=O)Nc1c(F)c(F)cc(F)c1F)C(N)=S. The Morgan fingerprint density at radius 3 is 2.10 bits per heavy atom. The van der Waals surface area contributed by atoms with Crippen LogP contribution in [0.3, 0.4) is 0 Å². The summed E-state index contributed by atoms with van der Waals surface area (Å²) in [6.07, 6.45) is 0.148. The third kappa shape index (κ3) is 2.74. The summed E-state index contributed by atoms with van der Waals surface area (Å²) in [6.45, 7) is 2.94. The number of hydrogen-bond donors (Lipinski definition) is 2. The second-order valence-corrected chi connectivity index (χ2v) is 4.79. The van der Waals surface area contributed by atoms with Crippen LogP contribution in [-0.4, -0.2) is 10.9 Å². The summed E-state index contributed by atoms with van der Waals surface area (Å²) in [5, 5.41) is 1.80. The fraction of sp³-hybridized carbons (Fsp3) is 0.333. The predicted octanol–water partition coefficient (Wildman–Crippen LogP) is 2.88. The van der Waals surface area contributed by atoms with Gasteiger partial charge in [0.2, 0.25) is 5.91 Å². The van der Waals surface area contributed by atoms with Crippen LogP contribution in [0.5, 0.6) is 0 Å². The van der Waals surface area contributed by atoms with Crippen molar-refractivity contribution < 1.29 is 22.4 Å². The van der Waals surface area contributed by atoms with Crippen LogP contribution in [0.4, 0.5) is 23.2 Å². The van der Waals surface area contributed by atoms with E-state index in [0.717, 1.165) is 0 Å². The zero-order chi connectivity index (χ0) is 15.7. The van der Waals surface area contributed by atoms with E-state index in [0.29, 0.717) is 0 Å². The van der Waals surface area contributed by atoms with E-state index in [9.17, 15) is 22.4 Å². The van der Waals surface area contributed by atoms with Crippen LogP contribution in [-0.2, 0) is 4.79 Å². The number of carbonyl (C=O) groups is 1. The topological polar surface area (TPSA) is 55.1 Å². The lowest BCUT2D eigenvalue weighted by atomic mass is 9.86. The van der Waals surface area contributed by atoms with Gasteiger partial charge in [0, 0.05) is 6.07 Å². The molecule has 3 nitrogen and oxygen atoms in total. The molecule has 1 aromatic carbocycles. The number of hydrogen-bond acceptors (Lipinski definition) is 2. The highest BCUT2D eigenvalue weighted by molar-refractivity contribution is 7.80. The Morgan fingerprint density at radius 1 is 1.30 bits per heavy atom. The summed E-state index contributed by atoms with van der Waals surface area (Å²) in [5.74, 6) is -7.58. The van der Waals surface area contributed by atoms with Crippen molar-refractivity contribution >= 4 is 28.8 Å². The maximum absolute atomic E-state index is 13.4. The molecule has 0 fully saturated rings. The van der Waals surface area contributed by atoms with E-state index < -0.39 is 40.3 Å². The smallest absolute Gasteiger partial charge is 0.237 e. The highest BCUT2D eigenvalue weighted by Crippen LogP contribution is 2.28. The lowest BCUT2D eigenvalue weighted by molar-refractivity contribution is -0.121. The number of nitrogens with two attached hydrogens (primary N) is 1. The Balaban J connectivity index is 3.24. The molecule has 0 heterocycles. The Morgan fingerprint density at radius 2 is 1.75 bits per heavy atom. The molecule has 0 spiro atoms. The second kappa shape index (κ2) is 5.74. The lowest BCUT2D eigenvalue weighted by Crippen LogP contribution is -2.43. The minimum Gasteiger partial charge on any atom is -0.392 e. The zero-order valence-corrected chi connectivity index (χ0v) is 11.5. The van der Waals surface area contributed by atoms with Crippen molar-refractivity contribution in [2.45, 2.75) is 20.3 Å². The first-order chi connectivity index (χ1) is 9.15. The molecular formula is C12H12F4N2OS. The van der Waals surface area contributed by atoms with Crippen molar-refractivity contribution in [3.05, 3.63) is 29.3 Å². The maximum Gasteiger partial charge on any atom is 0.237 e. The summed E-state index contributed by atoms with van der Waals surface area (Å²) in [4.78, 5) is 11.8. The maximum atomic E-state index is 13.4. The first kappa shape index (κ1) is 16.4. The summed E-state index contributed by atoms with van der Waals surface area (Å²) in [5.41, 5.74) is 2.81. The quantitative estimate of drug-likeness (QED) is 0.511. The molecule has 0 bridgehead atoms. The fourth-order valence-corrected chi connectivity index (χ4v) is 1.62. The Labute approximate surface area is 118 Å². The van der Waals surface area contributed by atoms with Crippen LogP contribution < -0.4 is 11.1 Å². The molecule has 3 N–H and O–H groups in total. The highest BCUT2D eigenvalue weighted by atomic mass is 32.1. The van der Waals surface area contributed by atoms with E-state index in [1.807, 2.05) is 0 Å². The van der Waals surface area contributed by atoms with Gasteiger partial charge in [-0.15, -0.1) is 0 Å². The van der Waals surface area contributed by atoms with E-state index >= 15 is 0 Å². The van der Waals surface area contributed by atoms with Crippen LogP contribution in [0.2, 0.25) is 0 Å². The number of thiocarbonyl (C=S) groups is 1. The molecule has 110 valence electrons. The van der Waals surface area contributed by atoms with Gasteiger partial charge in [0.15, 0.2) is 23.3 Å². The van der Waals surface area contributed by atoms with Gasteiger partial charge < -0.3 is 11.1 Å². The first-order valence-electron chi connectivity index (χ1n) is 5.59. The average Bonchev–Trinajstić information content (AvgIpc) is 2.39. The van der Waals surface area contributed by atoms with Gasteiger partial charge in [0.05, 0.1) is 10.4 Å². The van der Waals surface area contributed by atoms with Gasteiger partial charge in [-0.3, -0.25) is 4.79 Å². The summed E-state index contributed by atoms with van der Waals surface area (Å²) in [7, 11) is 0. The van der Waals surface area contributed by atoms with Gasteiger partial charge in [-0.2, -0.15) is 0 Å². The highest BCUT2D eigenvalue weighted by Gasteiger charge is 2.36. The van der Waals surface area contributed by atoms with Gasteiger partial charge in [0.1, 0.15) is 5.69 Å². The number of halogens is 4. The van der Waals surface area contributed by atoms with Crippen molar-refractivity contribution in [1.82, 2.24) is 0 Å². The molecule has 0 aliphatic rings. The van der Waals surface area contributed by atoms with Gasteiger partial charge in [0.25, 0.3) is 0 Å². The molecule has 0 aliphatic carbocycles. The number of anilines is 1. The molecule has 0 aromatic heterocycles. The van der Waals surface area contributed by atoms with Gasteiger partial charge in [-0.25, -0.2) is 17.6 Å². The van der Waals surface area contributed by atoms with E-state index in [4.69, 9.17) is 18.0 Å². The number of nitrogens with one attached hydrogen (secondary N) is 1. The largest absolute Gasteiger partial charge is 0.392 e. The van der Waals surface area contributed by atoms with E-state index in [1.54, 1.807) is 12.2 Å². The van der Waals surface area contributed by atoms with E-state index in [1.165, 1.54) is 6.92 Å². The van der Waals surface area contributed by atoms with Crippen molar-refractivity contribution in [1.29, 1.82) is 0 Å². The summed E-state index contributed by atoms with van der Waals surface area (Å²) in [6, 6.07) is 0.0485. The van der Waals surface area contributed by atoms with Gasteiger partial charge in [-0.05, 0) is 13.3 Å². The molecule has 1 aromatic rings. The molecular weight excluding hydrogens is 296 g/mol. The number of amides is 1. The molecule has 1 unspecified atom stereocenters. The van der Waals surface area contributed by atoms with Crippen LogP contribution >= 0.6 is 12.2 Å². The normalized spacial score (nSPS) is 13.7. The first-order valence-corrected chi connectivity index (χ1v) is 6.00. The molecule has 1 amide bonds. The molecule has 0 saturated heterocycles. The molecule has 0 aliphatic heterocycles. The number of rotatable bonds is 4. The molecule has 0 radical (unpaired) electrons. The van der Waals surface area contributed by atoms with Gasteiger partial charge in [-0.1, -0.05) is 19.1 Å². The summed E-state index contributed by atoms with van der Waals surface area (Å²) < 4.78 is 52.9. The number of benzene rings is 1. The molecule has 1 rings (SSSR count). The zero-order valence-electron chi connectivity index (χ0n) is 10.7. The molecule has 8 heteroatoms. The van der Waals surface area contributed by atoms with Crippen molar-refractivity contribution in [3.8, 4) is 0 Å².